The quantitative estimate of drug-likeness (QED) is 0.0940. The lowest BCUT2D eigenvalue weighted by atomic mass is 10.3. The van der Waals surface area contributed by atoms with Crippen LogP contribution in [0.3, 0.4) is 0 Å². The van der Waals surface area contributed by atoms with Crippen LogP contribution in [0.15, 0.2) is 36.5 Å². The molecular formula is C31H56O10. The zero-order chi connectivity index (χ0) is 32.4. The first kappa shape index (κ1) is 42.9. The van der Waals surface area contributed by atoms with E-state index in [1.165, 1.54) is 0 Å². The van der Waals surface area contributed by atoms with Crippen LogP contribution in [-0.2, 0) is 42.8 Å². The molecule has 240 valence electrons. The van der Waals surface area contributed by atoms with Crippen LogP contribution in [0.4, 0.5) is 0 Å². The maximum absolute atomic E-state index is 11.0. The molecule has 4 unspecified atom stereocenters. The Kier molecular flexibility index (Phi) is 28.9. The first-order valence-corrected chi connectivity index (χ1v) is 14.1. The number of esters is 3. The second-order valence-corrected chi connectivity index (χ2v) is 9.61. The Labute approximate surface area is 248 Å². The largest absolute Gasteiger partial charge is 0.460 e. The molecule has 0 saturated heterocycles. The Morgan fingerprint density at radius 2 is 1.02 bits per heavy atom. The molecule has 0 aromatic carbocycles. The number of carbonyl (C=O) groups is 3. The Balaban J connectivity index is -0.000000554. The molecule has 0 aliphatic heterocycles. The van der Waals surface area contributed by atoms with E-state index in [-0.39, 0.29) is 56.7 Å². The van der Waals surface area contributed by atoms with Crippen LogP contribution in [0.2, 0.25) is 0 Å². The number of aliphatic hydroxyl groups excluding tert-OH is 1. The minimum Gasteiger partial charge on any atom is -0.460 e. The number of hydrogen-bond donors (Lipinski definition) is 1. The second-order valence-electron chi connectivity index (χ2n) is 9.61. The van der Waals surface area contributed by atoms with E-state index in [0.29, 0.717) is 29.9 Å². The fourth-order valence-electron chi connectivity index (χ4n) is 1.97. The predicted octanol–water partition coefficient (Wildman–Crippen LogP) is 5.12. The van der Waals surface area contributed by atoms with Gasteiger partial charge in [-0.1, -0.05) is 40.5 Å². The minimum atomic E-state index is -0.657. The first-order chi connectivity index (χ1) is 19.1. The molecule has 4 atom stereocenters. The van der Waals surface area contributed by atoms with Gasteiger partial charge in [0.1, 0.15) is 19.3 Å². The fourth-order valence-corrected chi connectivity index (χ4v) is 1.97. The highest BCUT2D eigenvalue weighted by molar-refractivity contribution is 5.87. The molecule has 10 heteroatoms. The molecule has 0 aromatic rings. The maximum atomic E-state index is 11.0. The SMILES string of the molecule is C=C(C)C(=O)OC(C)CC.C=C(C)C(=O)OCCOC(C)CC.C=C(C)C(=O)OCCOCC(O)COC(C)CC. The molecule has 0 aliphatic rings. The second kappa shape index (κ2) is 27.6. The van der Waals surface area contributed by atoms with Gasteiger partial charge in [0.05, 0.1) is 44.7 Å². The summed E-state index contributed by atoms with van der Waals surface area (Å²) in [6.45, 7) is 28.7. The molecule has 0 rings (SSSR count). The molecule has 0 bridgehead atoms. The van der Waals surface area contributed by atoms with Crippen molar-refractivity contribution < 1.29 is 47.9 Å². The van der Waals surface area contributed by atoms with E-state index in [0.717, 1.165) is 19.3 Å². The van der Waals surface area contributed by atoms with E-state index in [4.69, 9.17) is 28.4 Å². The highest BCUT2D eigenvalue weighted by atomic mass is 16.6. The Morgan fingerprint density at radius 3 is 1.44 bits per heavy atom. The Hall–Kier alpha value is -2.53. The number of hydrogen-bond acceptors (Lipinski definition) is 10. The summed E-state index contributed by atoms with van der Waals surface area (Å²) in [6.07, 6.45) is 2.43. The smallest absolute Gasteiger partial charge is 0.333 e. The van der Waals surface area contributed by atoms with Crippen LogP contribution in [0.25, 0.3) is 0 Å². The summed E-state index contributed by atoms with van der Waals surface area (Å²) in [5.41, 5.74) is 1.24. The van der Waals surface area contributed by atoms with E-state index in [1.807, 2.05) is 41.5 Å². The van der Waals surface area contributed by atoms with Gasteiger partial charge >= 0.3 is 17.9 Å². The molecule has 0 heterocycles. The molecule has 0 spiro atoms. The third kappa shape index (κ3) is 30.3. The lowest BCUT2D eigenvalue weighted by Gasteiger charge is -2.15. The number of carbonyl (C=O) groups excluding carboxylic acids is 3. The summed E-state index contributed by atoms with van der Waals surface area (Å²) in [5, 5.41) is 9.52. The molecule has 41 heavy (non-hydrogen) atoms. The summed E-state index contributed by atoms with van der Waals surface area (Å²) >= 11 is 0. The lowest BCUT2D eigenvalue weighted by Crippen LogP contribution is -2.25. The van der Waals surface area contributed by atoms with Crippen molar-refractivity contribution in [3.8, 4) is 0 Å². The molecule has 0 aromatic heterocycles. The van der Waals surface area contributed by atoms with Crippen LogP contribution < -0.4 is 0 Å². The number of rotatable bonds is 19. The van der Waals surface area contributed by atoms with Crippen molar-refractivity contribution in [2.24, 2.45) is 0 Å². The van der Waals surface area contributed by atoms with Crippen molar-refractivity contribution in [3.05, 3.63) is 36.5 Å². The van der Waals surface area contributed by atoms with Gasteiger partial charge in [-0.2, -0.15) is 0 Å². The van der Waals surface area contributed by atoms with Gasteiger partial charge in [-0.05, 0) is 60.8 Å². The van der Waals surface area contributed by atoms with E-state index in [1.54, 1.807) is 20.8 Å². The molecule has 0 radical (unpaired) electrons. The maximum Gasteiger partial charge on any atom is 0.333 e. The van der Waals surface area contributed by atoms with Crippen molar-refractivity contribution in [1.29, 1.82) is 0 Å². The van der Waals surface area contributed by atoms with Crippen molar-refractivity contribution in [1.82, 2.24) is 0 Å². The summed E-state index contributed by atoms with van der Waals surface area (Å²) in [5.74, 6) is -1.08. The standard InChI is InChI=1S/C13H24O5.C10H18O3.C8H14O2/c1-5-11(4)18-9-12(14)8-16-6-7-17-13(15)10(2)3;1-5-9(4)12-6-7-13-10(11)8(2)3;1-5-7(4)10-8(9)6(2)3/h11-12,14H,2,5-9H2,1,3-4H3;9H,2,5-7H2,1,3-4H3;7H,2,5H2,1,3-4H3. The van der Waals surface area contributed by atoms with Gasteiger partial charge in [0.2, 0.25) is 0 Å². The predicted molar refractivity (Wildman–Crippen MR) is 160 cm³/mol. The van der Waals surface area contributed by atoms with E-state index in [9.17, 15) is 19.5 Å². The van der Waals surface area contributed by atoms with E-state index >= 15 is 0 Å². The monoisotopic (exact) mass is 588 g/mol. The van der Waals surface area contributed by atoms with Gasteiger partial charge < -0.3 is 33.5 Å². The highest BCUT2D eigenvalue weighted by Gasteiger charge is 2.08. The zero-order valence-electron chi connectivity index (χ0n) is 26.9. The van der Waals surface area contributed by atoms with Gasteiger partial charge in [0, 0.05) is 16.7 Å². The average molecular weight is 589 g/mol. The van der Waals surface area contributed by atoms with E-state index < -0.39 is 12.1 Å². The van der Waals surface area contributed by atoms with Crippen LogP contribution in [0.5, 0.6) is 0 Å². The summed E-state index contributed by atoms with van der Waals surface area (Å²) in [6, 6.07) is 0. The first-order valence-electron chi connectivity index (χ1n) is 14.1. The van der Waals surface area contributed by atoms with Gasteiger partial charge in [-0.15, -0.1) is 0 Å². The molecule has 0 saturated carbocycles. The minimum absolute atomic E-state index is 0.00389. The third-order valence-electron chi connectivity index (χ3n) is 5.14. The third-order valence-corrected chi connectivity index (χ3v) is 5.14. The highest BCUT2D eigenvalue weighted by Crippen LogP contribution is 2.01. The molecule has 0 aliphatic carbocycles. The van der Waals surface area contributed by atoms with Gasteiger partial charge in [0.25, 0.3) is 0 Å². The summed E-state index contributed by atoms with van der Waals surface area (Å²) < 4.78 is 30.4. The van der Waals surface area contributed by atoms with Crippen LogP contribution in [-0.4, -0.2) is 87.1 Å². The molecular weight excluding hydrogens is 532 g/mol. The Bertz CT molecular complexity index is 762. The Morgan fingerprint density at radius 1 is 0.610 bits per heavy atom. The summed E-state index contributed by atoms with van der Waals surface area (Å²) in [7, 11) is 0. The molecule has 10 nitrogen and oxygen atoms in total. The van der Waals surface area contributed by atoms with Crippen molar-refractivity contribution >= 4 is 17.9 Å². The fraction of sp³-hybridized carbons (Fsp3) is 0.710. The molecule has 0 amide bonds. The lowest BCUT2D eigenvalue weighted by molar-refractivity contribution is -0.143. The number of aliphatic hydroxyl groups is 1. The molecule has 1 N–H and O–H groups in total. The van der Waals surface area contributed by atoms with Crippen LogP contribution in [0.1, 0.15) is 81.6 Å². The normalized spacial score (nSPS) is 13.0. The van der Waals surface area contributed by atoms with Gasteiger partial charge in [-0.25, -0.2) is 14.4 Å². The van der Waals surface area contributed by atoms with Gasteiger partial charge in [0.15, 0.2) is 0 Å². The van der Waals surface area contributed by atoms with Crippen molar-refractivity contribution in [2.75, 3.05) is 39.6 Å². The number of ether oxygens (including phenoxy) is 6. The van der Waals surface area contributed by atoms with Crippen LogP contribution in [0, 0.1) is 0 Å². The average Bonchev–Trinajstić information content (AvgIpc) is 2.93. The zero-order valence-corrected chi connectivity index (χ0v) is 26.9. The summed E-state index contributed by atoms with van der Waals surface area (Å²) in [4.78, 5) is 32.7. The van der Waals surface area contributed by atoms with Crippen molar-refractivity contribution in [3.63, 3.8) is 0 Å². The van der Waals surface area contributed by atoms with Crippen molar-refractivity contribution in [2.45, 2.75) is 106 Å². The van der Waals surface area contributed by atoms with Crippen LogP contribution >= 0.6 is 0 Å². The molecule has 0 fully saturated rings. The topological polar surface area (TPSA) is 127 Å². The van der Waals surface area contributed by atoms with E-state index in [2.05, 4.69) is 19.7 Å². The van der Waals surface area contributed by atoms with Gasteiger partial charge in [-0.3, -0.25) is 0 Å².